The summed E-state index contributed by atoms with van der Waals surface area (Å²) in [6.45, 7) is 0.0896. The molecule has 34 heavy (non-hydrogen) atoms. The molecule has 4 heteroatoms. The van der Waals surface area contributed by atoms with E-state index in [0.717, 1.165) is 67.0 Å². The van der Waals surface area contributed by atoms with Crippen LogP contribution in [0.1, 0.15) is 0 Å². The Hall–Kier alpha value is -4.44. The lowest BCUT2D eigenvalue weighted by Gasteiger charge is -2.32. The maximum absolute atomic E-state index is 6.43. The van der Waals surface area contributed by atoms with Gasteiger partial charge in [0.1, 0.15) is 34.2 Å². The number of furan rings is 1. The Morgan fingerprint density at radius 1 is 0.471 bits per heavy atom. The Balaban J connectivity index is 1.29. The molecule has 5 aromatic carbocycles. The van der Waals surface area contributed by atoms with E-state index < -0.39 is 0 Å². The van der Waals surface area contributed by atoms with Gasteiger partial charge in [0.25, 0.3) is 6.71 Å². The summed E-state index contributed by atoms with van der Waals surface area (Å²) < 4.78 is 18.8. The molecule has 0 radical (unpaired) electrons. The van der Waals surface area contributed by atoms with Gasteiger partial charge in [-0.1, -0.05) is 60.7 Å². The number of hydrogen-bond donors (Lipinski definition) is 0. The minimum Gasteiger partial charge on any atom is -0.458 e. The van der Waals surface area contributed by atoms with Crippen LogP contribution in [-0.4, -0.2) is 6.71 Å². The molecule has 0 saturated carbocycles. The van der Waals surface area contributed by atoms with Gasteiger partial charge in [-0.05, 0) is 64.5 Å². The molecule has 0 N–H and O–H groups in total. The van der Waals surface area contributed by atoms with Gasteiger partial charge in [-0.3, -0.25) is 0 Å². The van der Waals surface area contributed by atoms with Crippen molar-refractivity contribution in [2.45, 2.75) is 0 Å². The second kappa shape index (κ2) is 6.55. The predicted molar refractivity (Wildman–Crippen MR) is 137 cm³/mol. The molecule has 0 spiro atoms. The van der Waals surface area contributed by atoms with Gasteiger partial charge in [-0.15, -0.1) is 0 Å². The van der Waals surface area contributed by atoms with Crippen LogP contribution in [0.25, 0.3) is 33.1 Å². The third kappa shape index (κ3) is 2.42. The second-order valence-corrected chi connectivity index (χ2v) is 8.90. The first-order valence-electron chi connectivity index (χ1n) is 11.5. The summed E-state index contributed by atoms with van der Waals surface area (Å²) in [4.78, 5) is 0. The topological polar surface area (TPSA) is 31.6 Å². The smallest absolute Gasteiger partial charge is 0.260 e. The number of hydrogen-bond acceptors (Lipinski definition) is 3. The van der Waals surface area contributed by atoms with Gasteiger partial charge in [0.2, 0.25) is 0 Å². The Kier molecular flexibility index (Phi) is 3.48. The van der Waals surface area contributed by atoms with Crippen LogP contribution >= 0.6 is 0 Å². The highest BCUT2D eigenvalue weighted by Crippen LogP contribution is 2.37. The van der Waals surface area contributed by atoms with E-state index in [-0.39, 0.29) is 6.71 Å². The lowest BCUT2D eigenvalue weighted by Crippen LogP contribution is -2.57. The molecule has 0 amide bonds. The standard InChI is InChI=1S/C30H17BO3/c1-3-8-24-20(6-1)21-14-12-18(16-28(21)32-24)19-13-15-23-29(17-19)34-27-11-5-10-26-30(27)31(23)22-7-2-4-9-25(22)33-26/h1-17H. The van der Waals surface area contributed by atoms with Crippen molar-refractivity contribution in [3.05, 3.63) is 103 Å². The van der Waals surface area contributed by atoms with Crippen molar-refractivity contribution < 1.29 is 13.9 Å². The molecule has 2 aliphatic heterocycles. The molecule has 0 aliphatic carbocycles. The van der Waals surface area contributed by atoms with E-state index in [1.807, 2.05) is 48.5 Å². The molecule has 158 valence electrons. The number of para-hydroxylation sites is 2. The Morgan fingerprint density at radius 3 is 2.09 bits per heavy atom. The molecule has 0 bridgehead atoms. The second-order valence-electron chi connectivity index (χ2n) is 8.90. The highest BCUT2D eigenvalue weighted by Gasteiger charge is 2.39. The van der Waals surface area contributed by atoms with E-state index in [1.165, 1.54) is 5.46 Å². The maximum atomic E-state index is 6.43. The molecule has 2 aliphatic rings. The molecule has 0 atom stereocenters. The molecule has 0 fully saturated rings. The van der Waals surface area contributed by atoms with Crippen LogP contribution in [0.5, 0.6) is 23.0 Å². The van der Waals surface area contributed by atoms with Gasteiger partial charge in [-0.25, -0.2) is 0 Å². The van der Waals surface area contributed by atoms with E-state index in [2.05, 4.69) is 54.6 Å². The van der Waals surface area contributed by atoms with Crippen LogP contribution in [0.3, 0.4) is 0 Å². The molecule has 3 nitrogen and oxygen atoms in total. The Bertz CT molecular complexity index is 1780. The normalized spacial score (nSPS) is 13.1. The van der Waals surface area contributed by atoms with Crippen LogP contribution in [0.4, 0.5) is 0 Å². The third-order valence-corrected chi connectivity index (χ3v) is 7.02. The molecule has 6 aromatic rings. The summed E-state index contributed by atoms with van der Waals surface area (Å²) in [7, 11) is 0. The molecular weight excluding hydrogens is 419 g/mol. The van der Waals surface area contributed by atoms with Crippen LogP contribution in [0.2, 0.25) is 0 Å². The fourth-order valence-corrected chi connectivity index (χ4v) is 5.46. The molecule has 0 unspecified atom stereocenters. The minimum atomic E-state index is 0.0896. The fourth-order valence-electron chi connectivity index (χ4n) is 5.46. The van der Waals surface area contributed by atoms with Crippen molar-refractivity contribution in [1.29, 1.82) is 0 Å². The van der Waals surface area contributed by atoms with Gasteiger partial charge in [0, 0.05) is 16.2 Å². The summed E-state index contributed by atoms with van der Waals surface area (Å²) in [5.74, 6) is 3.51. The lowest BCUT2D eigenvalue weighted by atomic mass is 9.35. The van der Waals surface area contributed by atoms with Crippen LogP contribution < -0.4 is 25.9 Å². The summed E-state index contributed by atoms with van der Waals surface area (Å²) in [5, 5.41) is 2.28. The number of rotatable bonds is 1. The van der Waals surface area contributed by atoms with Crippen molar-refractivity contribution in [3.63, 3.8) is 0 Å². The average Bonchev–Trinajstić information content (AvgIpc) is 3.26. The molecule has 3 heterocycles. The highest BCUT2D eigenvalue weighted by atomic mass is 16.5. The zero-order valence-electron chi connectivity index (χ0n) is 18.1. The van der Waals surface area contributed by atoms with E-state index >= 15 is 0 Å². The maximum Gasteiger partial charge on any atom is 0.260 e. The monoisotopic (exact) mass is 436 g/mol. The minimum absolute atomic E-state index is 0.0896. The van der Waals surface area contributed by atoms with Crippen molar-refractivity contribution in [3.8, 4) is 34.1 Å². The number of ether oxygens (including phenoxy) is 2. The van der Waals surface area contributed by atoms with Gasteiger partial charge in [0.15, 0.2) is 0 Å². The highest BCUT2D eigenvalue weighted by molar-refractivity contribution is 6.98. The summed E-state index contributed by atoms with van der Waals surface area (Å²) in [6.07, 6.45) is 0. The van der Waals surface area contributed by atoms with E-state index in [1.54, 1.807) is 0 Å². The molecule has 1 aromatic heterocycles. The molecule has 8 rings (SSSR count). The zero-order valence-corrected chi connectivity index (χ0v) is 18.1. The quantitative estimate of drug-likeness (QED) is 0.297. The Labute approximate surface area is 196 Å². The van der Waals surface area contributed by atoms with E-state index in [4.69, 9.17) is 13.9 Å². The summed E-state index contributed by atoms with van der Waals surface area (Å²) in [6, 6.07) is 35.4. The number of fused-ring (bicyclic) bond motifs is 7. The summed E-state index contributed by atoms with van der Waals surface area (Å²) >= 11 is 0. The van der Waals surface area contributed by atoms with Crippen molar-refractivity contribution in [1.82, 2.24) is 0 Å². The van der Waals surface area contributed by atoms with E-state index in [9.17, 15) is 0 Å². The first-order valence-corrected chi connectivity index (χ1v) is 11.5. The zero-order chi connectivity index (χ0) is 22.2. The number of benzene rings is 5. The lowest BCUT2D eigenvalue weighted by molar-refractivity contribution is 0.464. The molecular formula is C30H17BO3. The van der Waals surface area contributed by atoms with Crippen molar-refractivity contribution in [2.75, 3.05) is 0 Å². The largest absolute Gasteiger partial charge is 0.458 e. The first-order chi connectivity index (χ1) is 16.8. The Morgan fingerprint density at radius 2 is 1.15 bits per heavy atom. The van der Waals surface area contributed by atoms with Crippen LogP contribution in [-0.2, 0) is 0 Å². The van der Waals surface area contributed by atoms with E-state index in [0.29, 0.717) is 0 Å². The third-order valence-electron chi connectivity index (χ3n) is 7.02. The predicted octanol–water partition coefficient (Wildman–Crippen LogP) is 5.98. The van der Waals surface area contributed by atoms with Gasteiger partial charge >= 0.3 is 0 Å². The van der Waals surface area contributed by atoms with Gasteiger partial charge < -0.3 is 13.9 Å². The first kappa shape index (κ1) is 18.0. The fraction of sp³-hybridized carbons (Fsp3) is 0. The molecule has 0 saturated heterocycles. The SMILES string of the molecule is c1ccc2c(c1)Oc1cccc3c1B2c1ccc(-c2ccc4c(c2)oc2ccccc24)cc1O3. The average molecular weight is 436 g/mol. The van der Waals surface area contributed by atoms with Crippen LogP contribution in [0.15, 0.2) is 108 Å². The van der Waals surface area contributed by atoms with Gasteiger partial charge in [0.05, 0.1) is 0 Å². The van der Waals surface area contributed by atoms with Crippen LogP contribution in [0, 0.1) is 0 Å². The van der Waals surface area contributed by atoms with Gasteiger partial charge in [-0.2, -0.15) is 0 Å². The van der Waals surface area contributed by atoms with Crippen molar-refractivity contribution >= 4 is 45.0 Å². The van der Waals surface area contributed by atoms with Crippen molar-refractivity contribution in [2.24, 2.45) is 0 Å². The summed E-state index contributed by atoms with van der Waals surface area (Å²) in [5.41, 5.74) is 7.43.